The van der Waals surface area contributed by atoms with Crippen molar-refractivity contribution >= 4 is 23.4 Å². The van der Waals surface area contributed by atoms with E-state index in [2.05, 4.69) is 25.3 Å². The van der Waals surface area contributed by atoms with Gasteiger partial charge in [0.2, 0.25) is 5.95 Å². The standard InChI is InChI=1S/C24H25F3N4O4/c1-5-14(2)28-23-30-18(15-7-6-8-17(11-15)35-24(25,26)27)13-21(31-23)29-19-12-16(22(32)34-4)9-10-20(19)33-3/h6-14H,5H2,1-4H3,(H2,28,29,30,31)/t14-/m1/s1. The first-order chi connectivity index (χ1) is 16.6. The third-order valence-corrected chi connectivity index (χ3v) is 4.96. The highest BCUT2D eigenvalue weighted by molar-refractivity contribution is 5.91. The molecule has 0 fully saturated rings. The van der Waals surface area contributed by atoms with Crippen LogP contribution in [0, 0.1) is 0 Å². The fraction of sp³-hybridized carbons (Fsp3) is 0.292. The zero-order valence-corrected chi connectivity index (χ0v) is 19.6. The summed E-state index contributed by atoms with van der Waals surface area (Å²) in [7, 11) is 2.76. The molecule has 3 rings (SSSR count). The number of ether oxygens (including phenoxy) is 3. The first-order valence-electron chi connectivity index (χ1n) is 10.7. The van der Waals surface area contributed by atoms with E-state index < -0.39 is 12.3 Å². The molecule has 0 aliphatic heterocycles. The number of anilines is 3. The van der Waals surface area contributed by atoms with Gasteiger partial charge in [0.25, 0.3) is 0 Å². The van der Waals surface area contributed by atoms with Crippen molar-refractivity contribution in [3.8, 4) is 22.8 Å². The van der Waals surface area contributed by atoms with Crippen LogP contribution in [0.25, 0.3) is 11.3 Å². The normalized spacial score (nSPS) is 12.0. The summed E-state index contributed by atoms with van der Waals surface area (Å²) in [4.78, 5) is 20.9. The van der Waals surface area contributed by atoms with E-state index in [1.165, 1.54) is 32.4 Å². The van der Waals surface area contributed by atoms with Crippen molar-refractivity contribution in [1.82, 2.24) is 9.97 Å². The first-order valence-corrected chi connectivity index (χ1v) is 10.7. The van der Waals surface area contributed by atoms with Crippen LogP contribution in [-0.4, -0.2) is 42.6 Å². The molecule has 0 aliphatic rings. The third-order valence-electron chi connectivity index (χ3n) is 4.96. The van der Waals surface area contributed by atoms with Gasteiger partial charge in [-0.2, -0.15) is 4.98 Å². The average molecular weight is 490 g/mol. The minimum Gasteiger partial charge on any atom is -0.495 e. The quantitative estimate of drug-likeness (QED) is 0.364. The van der Waals surface area contributed by atoms with Crippen molar-refractivity contribution in [2.75, 3.05) is 24.9 Å². The molecule has 2 aromatic carbocycles. The monoisotopic (exact) mass is 490 g/mol. The van der Waals surface area contributed by atoms with E-state index in [-0.39, 0.29) is 17.7 Å². The highest BCUT2D eigenvalue weighted by Gasteiger charge is 2.31. The number of esters is 1. The lowest BCUT2D eigenvalue weighted by Gasteiger charge is -2.16. The molecule has 1 atom stereocenters. The number of nitrogens with one attached hydrogen (secondary N) is 2. The van der Waals surface area contributed by atoms with Crippen LogP contribution in [0.5, 0.6) is 11.5 Å². The van der Waals surface area contributed by atoms with E-state index in [1.807, 2.05) is 13.8 Å². The number of carbonyl (C=O) groups excluding carboxylic acids is 1. The maximum Gasteiger partial charge on any atom is 0.573 e. The highest BCUT2D eigenvalue weighted by Crippen LogP contribution is 2.32. The number of aromatic nitrogens is 2. The molecule has 8 nitrogen and oxygen atoms in total. The maximum atomic E-state index is 12.7. The largest absolute Gasteiger partial charge is 0.573 e. The Morgan fingerprint density at radius 2 is 1.86 bits per heavy atom. The zero-order valence-electron chi connectivity index (χ0n) is 19.6. The van der Waals surface area contributed by atoms with Gasteiger partial charge < -0.3 is 24.8 Å². The highest BCUT2D eigenvalue weighted by atomic mass is 19.4. The Morgan fingerprint density at radius 1 is 1.09 bits per heavy atom. The van der Waals surface area contributed by atoms with E-state index in [9.17, 15) is 18.0 Å². The predicted molar refractivity (Wildman–Crippen MR) is 125 cm³/mol. The number of rotatable bonds is 9. The number of nitrogens with zero attached hydrogens (tertiary/aromatic N) is 2. The van der Waals surface area contributed by atoms with Gasteiger partial charge in [0.05, 0.1) is 31.2 Å². The van der Waals surface area contributed by atoms with E-state index in [1.54, 1.807) is 30.3 Å². The fourth-order valence-electron chi connectivity index (χ4n) is 3.09. The van der Waals surface area contributed by atoms with E-state index in [4.69, 9.17) is 9.47 Å². The lowest BCUT2D eigenvalue weighted by atomic mass is 10.1. The fourth-order valence-corrected chi connectivity index (χ4v) is 3.09. The lowest BCUT2D eigenvalue weighted by molar-refractivity contribution is -0.274. The van der Waals surface area contributed by atoms with Gasteiger partial charge in [-0.1, -0.05) is 19.1 Å². The molecule has 0 saturated heterocycles. The number of benzene rings is 2. The third kappa shape index (κ3) is 6.98. The van der Waals surface area contributed by atoms with E-state index >= 15 is 0 Å². The second-order valence-corrected chi connectivity index (χ2v) is 7.52. The van der Waals surface area contributed by atoms with Crippen LogP contribution < -0.4 is 20.1 Å². The minimum atomic E-state index is -4.82. The van der Waals surface area contributed by atoms with Crippen LogP contribution in [0.2, 0.25) is 0 Å². The van der Waals surface area contributed by atoms with Gasteiger partial charge in [-0.3, -0.25) is 0 Å². The SMILES string of the molecule is CC[C@@H](C)Nc1nc(Nc2cc(C(=O)OC)ccc2OC)cc(-c2cccc(OC(F)(F)F)c2)n1. The second kappa shape index (κ2) is 10.9. The molecule has 0 amide bonds. The van der Waals surface area contributed by atoms with Crippen LogP contribution in [0.3, 0.4) is 0 Å². The second-order valence-electron chi connectivity index (χ2n) is 7.52. The number of carbonyl (C=O) groups is 1. The Hall–Kier alpha value is -4.02. The molecule has 1 aromatic heterocycles. The van der Waals surface area contributed by atoms with Crippen LogP contribution in [0.15, 0.2) is 48.5 Å². The Bertz CT molecular complexity index is 1190. The molecule has 0 saturated carbocycles. The maximum absolute atomic E-state index is 12.7. The summed E-state index contributed by atoms with van der Waals surface area (Å²) in [6.07, 6.45) is -4.03. The molecule has 11 heteroatoms. The Morgan fingerprint density at radius 3 is 2.51 bits per heavy atom. The van der Waals surface area contributed by atoms with Crippen LogP contribution in [0.4, 0.5) is 30.6 Å². The van der Waals surface area contributed by atoms with Crippen LogP contribution in [-0.2, 0) is 4.74 Å². The molecule has 0 bridgehead atoms. The van der Waals surface area contributed by atoms with Crippen molar-refractivity contribution in [3.63, 3.8) is 0 Å². The first kappa shape index (κ1) is 25.6. The molecule has 0 unspecified atom stereocenters. The Labute approximate surface area is 200 Å². The zero-order chi connectivity index (χ0) is 25.6. The summed E-state index contributed by atoms with van der Waals surface area (Å²) in [5.74, 6) is 0.134. The number of methoxy groups -OCH3 is 2. The number of hydrogen-bond donors (Lipinski definition) is 2. The molecule has 1 heterocycles. The van der Waals surface area contributed by atoms with Crippen molar-refractivity contribution in [3.05, 3.63) is 54.1 Å². The molecule has 0 aliphatic carbocycles. The molecule has 3 aromatic rings. The van der Waals surface area contributed by atoms with E-state index in [0.29, 0.717) is 34.1 Å². The smallest absolute Gasteiger partial charge is 0.495 e. The Balaban J connectivity index is 2.05. The number of alkyl halides is 3. The summed E-state index contributed by atoms with van der Waals surface area (Å²) in [6, 6.07) is 11.8. The molecular formula is C24H25F3N4O4. The van der Waals surface area contributed by atoms with Gasteiger partial charge in [-0.25, -0.2) is 9.78 Å². The summed E-state index contributed by atoms with van der Waals surface area (Å²) in [5.41, 5.74) is 1.47. The molecule has 186 valence electrons. The van der Waals surface area contributed by atoms with Crippen LogP contribution >= 0.6 is 0 Å². The summed E-state index contributed by atoms with van der Waals surface area (Å²) < 4.78 is 52.3. The summed E-state index contributed by atoms with van der Waals surface area (Å²) >= 11 is 0. The van der Waals surface area contributed by atoms with E-state index in [0.717, 1.165) is 6.42 Å². The summed E-state index contributed by atoms with van der Waals surface area (Å²) in [5, 5.41) is 6.27. The van der Waals surface area contributed by atoms with Gasteiger partial charge in [0, 0.05) is 17.7 Å². The van der Waals surface area contributed by atoms with Crippen molar-refractivity contribution in [2.45, 2.75) is 32.7 Å². The van der Waals surface area contributed by atoms with Gasteiger partial charge in [-0.05, 0) is 43.7 Å². The molecule has 2 N–H and O–H groups in total. The molecular weight excluding hydrogens is 465 g/mol. The average Bonchev–Trinajstić information content (AvgIpc) is 2.82. The van der Waals surface area contributed by atoms with Gasteiger partial charge in [-0.15, -0.1) is 13.2 Å². The van der Waals surface area contributed by atoms with Crippen molar-refractivity contribution in [1.29, 1.82) is 0 Å². The van der Waals surface area contributed by atoms with Crippen LogP contribution in [0.1, 0.15) is 30.6 Å². The van der Waals surface area contributed by atoms with Gasteiger partial charge in [0.1, 0.15) is 17.3 Å². The van der Waals surface area contributed by atoms with Gasteiger partial charge >= 0.3 is 12.3 Å². The molecule has 0 radical (unpaired) electrons. The molecule has 0 spiro atoms. The minimum absolute atomic E-state index is 0.0372. The predicted octanol–water partition coefficient (Wildman–Crippen LogP) is 5.79. The number of halogens is 3. The van der Waals surface area contributed by atoms with Gasteiger partial charge in [0.15, 0.2) is 0 Å². The van der Waals surface area contributed by atoms with Crippen molar-refractivity contribution < 1.29 is 32.2 Å². The lowest BCUT2D eigenvalue weighted by Crippen LogP contribution is -2.17. The topological polar surface area (TPSA) is 94.6 Å². The van der Waals surface area contributed by atoms with Crippen molar-refractivity contribution in [2.24, 2.45) is 0 Å². The summed E-state index contributed by atoms with van der Waals surface area (Å²) in [6.45, 7) is 3.94. The molecule has 35 heavy (non-hydrogen) atoms. The Kier molecular flexibility index (Phi) is 8.00. The number of hydrogen-bond acceptors (Lipinski definition) is 8.